The zero-order valence-corrected chi connectivity index (χ0v) is 9.56. The number of hydrogen-bond donors (Lipinski definition) is 2. The second-order valence-corrected chi connectivity index (χ2v) is 3.68. The maximum Gasteiger partial charge on any atom is 0.154 e. The van der Waals surface area contributed by atoms with Gasteiger partial charge in [-0.25, -0.2) is 0 Å². The molecular formula is C8H15BN2S2. The lowest BCUT2D eigenvalue weighted by atomic mass is 10.1. The van der Waals surface area contributed by atoms with Gasteiger partial charge < -0.3 is 10.6 Å². The van der Waals surface area contributed by atoms with E-state index in [1.54, 1.807) is 0 Å². The van der Waals surface area contributed by atoms with Crippen LogP contribution < -0.4 is 10.6 Å². The standard InChI is InChI=1S/C8H15BN2S2/c1-2-3-5-10-7(12)4-6-11-8(9)13/h2-6H2,1H3,(H,10,12)(H,11,13). The molecule has 0 heterocycles. The molecule has 2 radical (unpaired) electrons. The predicted molar refractivity (Wildman–Crippen MR) is 66.5 cm³/mol. The highest BCUT2D eigenvalue weighted by Crippen LogP contribution is 1.86. The van der Waals surface area contributed by atoms with E-state index in [0.717, 1.165) is 24.4 Å². The molecule has 0 aromatic heterocycles. The Morgan fingerprint density at radius 2 is 1.92 bits per heavy atom. The average Bonchev–Trinajstić information content (AvgIpc) is 2.04. The Hall–Kier alpha value is -0.155. The zero-order chi connectivity index (χ0) is 10.1. The van der Waals surface area contributed by atoms with Crippen LogP contribution in [0.3, 0.4) is 0 Å². The van der Waals surface area contributed by atoms with E-state index in [1.807, 2.05) is 0 Å². The lowest BCUT2D eigenvalue weighted by Crippen LogP contribution is -2.29. The molecule has 2 N–H and O–H groups in total. The van der Waals surface area contributed by atoms with Crippen molar-refractivity contribution < 1.29 is 0 Å². The van der Waals surface area contributed by atoms with Crippen molar-refractivity contribution in [2.24, 2.45) is 0 Å². The molecule has 0 saturated heterocycles. The third-order valence-corrected chi connectivity index (χ3v) is 2.00. The van der Waals surface area contributed by atoms with E-state index in [0.29, 0.717) is 11.4 Å². The lowest BCUT2D eigenvalue weighted by molar-refractivity contribution is 0.748. The first kappa shape index (κ1) is 12.8. The van der Waals surface area contributed by atoms with Crippen molar-refractivity contribution >= 4 is 42.2 Å². The van der Waals surface area contributed by atoms with Gasteiger partial charge in [-0.05, 0) is 6.42 Å². The van der Waals surface area contributed by atoms with Crippen molar-refractivity contribution in [3.05, 3.63) is 0 Å². The summed E-state index contributed by atoms with van der Waals surface area (Å²) in [5, 5.41) is 6.01. The summed E-state index contributed by atoms with van der Waals surface area (Å²) in [6.07, 6.45) is 3.13. The van der Waals surface area contributed by atoms with Crippen LogP contribution in [0.1, 0.15) is 26.2 Å². The molecule has 0 aliphatic heterocycles. The van der Waals surface area contributed by atoms with Crippen molar-refractivity contribution in [3.8, 4) is 0 Å². The van der Waals surface area contributed by atoms with Crippen LogP contribution in [0.4, 0.5) is 0 Å². The average molecular weight is 214 g/mol. The van der Waals surface area contributed by atoms with Crippen LogP contribution in [0, 0.1) is 0 Å². The fourth-order valence-corrected chi connectivity index (χ4v) is 1.10. The van der Waals surface area contributed by atoms with Gasteiger partial charge in [0.1, 0.15) is 0 Å². The number of hydrogen-bond acceptors (Lipinski definition) is 2. The number of rotatable bonds is 6. The Balaban J connectivity index is 3.25. The molecular weight excluding hydrogens is 199 g/mol. The smallest absolute Gasteiger partial charge is 0.154 e. The third-order valence-electron chi connectivity index (χ3n) is 1.50. The number of nitrogens with one attached hydrogen (secondary N) is 2. The van der Waals surface area contributed by atoms with Crippen LogP contribution in [-0.4, -0.2) is 30.8 Å². The van der Waals surface area contributed by atoms with Gasteiger partial charge in [0, 0.05) is 24.4 Å². The molecule has 0 rings (SSSR count). The van der Waals surface area contributed by atoms with Gasteiger partial charge in [-0.1, -0.05) is 37.8 Å². The maximum absolute atomic E-state index is 5.26. The molecule has 0 aromatic rings. The molecule has 0 spiro atoms. The highest BCUT2D eigenvalue weighted by molar-refractivity contribution is 7.82. The predicted octanol–water partition coefficient (Wildman–Crippen LogP) is 1.14. The highest BCUT2D eigenvalue weighted by Gasteiger charge is 1.94. The summed E-state index contributed by atoms with van der Waals surface area (Å²) in [6, 6.07) is 0. The first-order valence-corrected chi connectivity index (χ1v) is 5.28. The van der Waals surface area contributed by atoms with Crippen LogP contribution in [0.25, 0.3) is 0 Å². The van der Waals surface area contributed by atoms with Gasteiger partial charge in [-0.3, -0.25) is 0 Å². The van der Waals surface area contributed by atoms with Crippen molar-refractivity contribution in [2.45, 2.75) is 26.2 Å². The van der Waals surface area contributed by atoms with Crippen LogP contribution >= 0.6 is 24.4 Å². The fourth-order valence-electron chi connectivity index (χ4n) is 0.792. The van der Waals surface area contributed by atoms with E-state index < -0.39 is 0 Å². The van der Waals surface area contributed by atoms with Crippen LogP contribution in [0.5, 0.6) is 0 Å². The first-order valence-electron chi connectivity index (χ1n) is 4.46. The summed E-state index contributed by atoms with van der Waals surface area (Å²) in [7, 11) is 5.26. The van der Waals surface area contributed by atoms with Gasteiger partial charge in [0.25, 0.3) is 0 Å². The third kappa shape index (κ3) is 9.76. The molecule has 2 nitrogen and oxygen atoms in total. The summed E-state index contributed by atoms with van der Waals surface area (Å²) >= 11 is 9.74. The van der Waals surface area contributed by atoms with Gasteiger partial charge in [-0.15, -0.1) is 0 Å². The second kappa shape index (κ2) is 8.44. The van der Waals surface area contributed by atoms with Crippen molar-refractivity contribution in [1.29, 1.82) is 0 Å². The molecule has 0 aliphatic carbocycles. The molecule has 0 bridgehead atoms. The van der Waals surface area contributed by atoms with Gasteiger partial charge in [0.2, 0.25) is 0 Å². The largest absolute Gasteiger partial charge is 0.388 e. The molecule has 0 aliphatic rings. The van der Waals surface area contributed by atoms with Crippen molar-refractivity contribution in [1.82, 2.24) is 10.6 Å². The number of unbranched alkanes of at least 4 members (excludes halogenated alkanes) is 1. The van der Waals surface area contributed by atoms with E-state index >= 15 is 0 Å². The van der Waals surface area contributed by atoms with Gasteiger partial charge in [0.05, 0.1) is 4.99 Å². The molecule has 0 aromatic carbocycles. The highest BCUT2D eigenvalue weighted by atomic mass is 32.1. The molecule has 0 amide bonds. The molecule has 13 heavy (non-hydrogen) atoms. The van der Waals surface area contributed by atoms with Crippen LogP contribution in [-0.2, 0) is 0 Å². The van der Waals surface area contributed by atoms with E-state index in [2.05, 4.69) is 29.8 Å². The van der Waals surface area contributed by atoms with Crippen LogP contribution in [0.2, 0.25) is 0 Å². The lowest BCUT2D eigenvalue weighted by Gasteiger charge is -2.07. The first-order chi connectivity index (χ1) is 6.16. The Kier molecular flexibility index (Phi) is 8.34. The Morgan fingerprint density at radius 3 is 2.46 bits per heavy atom. The van der Waals surface area contributed by atoms with E-state index in [4.69, 9.17) is 20.1 Å². The minimum atomic E-state index is 0.330. The zero-order valence-electron chi connectivity index (χ0n) is 7.93. The second-order valence-electron chi connectivity index (χ2n) is 2.74. The minimum absolute atomic E-state index is 0.330. The van der Waals surface area contributed by atoms with E-state index in [1.165, 1.54) is 6.42 Å². The van der Waals surface area contributed by atoms with Crippen LogP contribution in [0.15, 0.2) is 0 Å². The van der Waals surface area contributed by atoms with E-state index in [9.17, 15) is 0 Å². The summed E-state index contributed by atoms with van der Waals surface area (Å²) in [5.41, 5.74) is 0. The summed E-state index contributed by atoms with van der Waals surface area (Å²) < 4.78 is 0. The Labute approximate surface area is 92.3 Å². The summed E-state index contributed by atoms with van der Waals surface area (Å²) in [5.74, 6) is 0. The molecule has 72 valence electrons. The maximum atomic E-state index is 5.26. The van der Waals surface area contributed by atoms with Gasteiger partial charge in [-0.2, -0.15) is 0 Å². The SMILES string of the molecule is [B]C(=S)NCCC(=S)NCCCC. The van der Waals surface area contributed by atoms with Gasteiger partial charge in [0.15, 0.2) is 7.85 Å². The van der Waals surface area contributed by atoms with E-state index in [-0.39, 0.29) is 0 Å². The summed E-state index contributed by atoms with van der Waals surface area (Å²) in [6.45, 7) is 3.83. The topological polar surface area (TPSA) is 24.1 Å². The fraction of sp³-hybridized carbons (Fsp3) is 0.750. The van der Waals surface area contributed by atoms with Crippen molar-refractivity contribution in [3.63, 3.8) is 0 Å². The van der Waals surface area contributed by atoms with Crippen molar-refractivity contribution in [2.75, 3.05) is 13.1 Å². The van der Waals surface area contributed by atoms with Gasteiger partial charge >= 0.3 is 0 Å². The summed E-state index contributed by atoms with van der Waals surface area (Å²) in [4.78, 5) is 1.20. The quantitative estimate of drug-likeness (QED) is 0.393. The molecule has 0 atom stereocenters. The number of thiocarbonyl (C=S) groups is 2. The Morgan fingerprint density at radius 1 is 1.23 bits per heavy atom. The normalized spacial score (nSPS) is 9.31. The minimum Gasteiger partial charge on any atom is -0.388 e. The molecule has 5 heteroatoms. The molecule has 0 unspecified atom stereocenters. The molecule has 0 saturated carbocycles. The molecule has 0 fully saturated rings. The Bertz CT molecular complexity index is 174. The monoisotopic (exact) mass is 214 g/mol.